The highest BCUT2D eigenvalue weighted by atomic mass is 35.5. The number of benzene rings is 1. The topological polar surface area (TPSA) is 163 Å². The van der Waals surface area contributed by atoms with Gasteiger partial charge < -0.3 is 26.4 Å². The second-order valence-electron chi connectivity index (χ2n) is 11.0. The van der Waals surface area contributed by atoms with E-state index in [4.69, 9.17) is 11.5 Å². The number of amides is 3. The quantitative estimate of drug-likeness (QED) is 0.355. The van der Waals surface area contributed by atoms with E-state index in [1.165, 1.54) is 22.0 Å². The average Bonchev–Trinajstić information content (AvgIpc) is 2.96. The second-order valence-corrected chi connectivity index (χ2v) is 11.0. The standard InChI is InChI=1S/C28H42N8O4.ClH/c1-3-33(22-10-6-21(29)7-11-22)18-20-4-8-23(9-5-20)36-13-12-24(32-27(36)40)31-26(39)35-16-14-34(15-17-35)25(38)28(2,30)19-37;/h4-5,8-9,12-13,21-22,37H,3,6-7,10-11,14-19,29-30H2,1-2H3,(H,31,32,39,40);1H/t21-,22-,28-;/m0./s1. The van der Waals surface area contributed by atoms with Crippen LogP contribution in [-0.4, -0.2) is 98.2 Å². The van der Waals surface area contributed by atoms with Crippen LogP contribution in [-0.2, 0) is 11.3 Å². The van der Waals surface area contributed by atoms with Crippen LogP contribution >= 0.6 is 12.4 Å². The Balaban J connectivity index is 0.00000462. The van der Waals surface area contributed by atoms with Gasteiger partial charge in [0.15, 0.2) is 0 Å². The van der Waals surface area contributed by atoms with Gasteiger partial charge in [0.25, 0.3) is 0 Å². The Kier molecular flexibility index (Phi) is 11.3. The van der Waals surface area contributed by atoms with E-state index in [9.17, 15) is 19.5 Å². The molecule has 1 aliphatic carbocycles. The molecule has 2 heterocycles. The largest absolute Gasteiger partial charge is 0.394 e. The van der Waals surface area contributed by atoms with Gasteiger partial charge in [-0.25, -0.2) is 9.59 Å². The lowest BCUT2D eigenvalue weighted by Gasteiger charge is -2.37. The summed E-state index contributed by atoms with van der Waals surface area (Å²) in [5.41, 5.74) is 11.9. The van der Waals surface area contributed by atoms with Crippen LogP contribution in [0.15, 0.2) is 41.3 Å². The molecule has 226 valence electrons. The molecular formula is C28H43ClN8O4. The van der Waals surface area contributed by atoms with Crippen LogP contribution < -0.4 is 22.5 Å². The van der Waals surface area contributed by atoms with Crippen LogP contribution in [0.5, 0.6) is 0 Å². The van der Waals surface area contributed by atoms with Crippen molar-refractivity contribution in [3.8, 4) is 5.69 Å². The van der Waals surface area contributed by atoms with Crippen molar-refractivity contribution in [2.24, 2.45) is 11.5 Å². The summed E-state index contributed by atoms with van der Waals surface area (Å²) in [6.07, 6.45) is 6.00. The zero-order valence-electron chi connectivity index (χ0n) is 23.9. The lowest BCUT2D eigenvalue weighted by Crippen LogP contribution is -2.60. The summed E-state index contributed by atoms with van der Waals surface area (Å²) in [6.45, 7) is 6.23. The van der Waals surface area contributed by atoms with E-state index in [1.54, 1.807) is 17.2 Å². The van der Waals surface area contributed by atoms with Gasteiger partial charge >= 0.3 is 11.7 Å². The van der Waals surface area contributed by atoms with Gasteiger partial charge in [-0.3, -0.25) is 19.6 Å². The van der Waals surface area contributed by atoms with Crippen molar-refractivity contribution >= 4 is 30.2 Å². The summed E-state index contributed by atoms with van der Waals surface area (Å²) < 4.78 is 1.44. The van der Waals surface area contributed by atoms with Crippen molar-refractivity contribution in [1.82, 2.24) is 24.3 Å². The van der Waals surface area contributed by atoms with Crippen molar-refractivity contribution in [3.05, 3.63) is 52.6 Å². The van der Waals surface area contributed by atoms with Gasteiger partial charge in [-0.15, -0.1) is 12.4 Å². The van der Waals surface area contributed by atoms with Crippen LogP contribution in [0.2, 0.25) is 0 Å². The maximum atomic E-state index is 12.8. The fourth-order valence-electron chi connectivity index (χ4n) is 5.36. The van der Waals surface area contributed by atoms with Gasteiger partial charge in [-0.2, -0.15) is 4.98 Å². The number of nitrogens with two attached hydrogens (primary N) is 2. The number of nitrogens with zero attached hydrogens (tertiary/aromatic N) is 5. The fraction of sp³-hybridized carbons (Fsp3) is 0.571. The number of rotatable bonds is 8. The number of halogens is 1. The number of hydrogen-bond donors (Lipinski definition) is 4. The van der Waals surface area contributed by atoms with Gasteiger partial charge in [0.1, 0.15) is 11.4 Å². The number of aromatic nitrogens is 2. The first kappa shape index (κ1) is 32.5. The Morgan fingerprint density at radius 1 is 1.07 bits per heavy atom. The first-order valence-electron chi connectivity index (χ1n) is 14.0. The maximum absolute atomic E-state index is 12.8. The molecule has 2 aliphatic rings. The third-order valence-electron chi connectivity index (χ3n) is 7.97. The number of carbonyl (C=O) groups is 2. The molecular weight excluding hydrogens is 548 g/mol. The Labute approximate surface area is 247 Å². The van der Waals surface area contributed by atoms with Crippen molar-refractivity contribution in [3.63, 3.8) is 0 Å². The summed E-state index contributed by atoms with van der Waals surface area (Å²) in [6, 6.07) is 9.95. The Morgan fingerprint density at radius 3 is 2.24 bits per heavy atom. The predicted octanol–water partition coefficient (Wildman–Crippen LogP) is 1.13. The number of urea groups is 1. The fourth-order valence-corrected chi connectivity index (χ4v) is 5.36. The van der Waals surface area contributed by atoms with E-state index in [1.807, 2.05) is 24.3 Å². The molecule has 0 unspecified atom stereocenters. The average molecular weight is 591 g/mol. The van der Waals surface area contributed by atoms with Crippen molar-refractivity contribution in [2.45, 2.75) is 63.7 Å². The van der Waals surface area contributed by atoms with E-state index < -0.39 is 23.9 Å². The minimum Gasteiger partial charge on any atom is -0.394 e. The van der Waals surface area contributed by atoms with Crippen LogP contribution in [0.25, 0.3) is 5.69 Å². The molecule has 4 rings (SSSR count). The van der Waals surface area contributed by atoms with E-state index in [0.29, 0.717) is 44.0 Å². The minimum absolute atomic E-state index is 0. The first-order valence-corrected chi connectivity index (χ1v) is 14.0. The molecule has 1 saturated carbocycles. The molecule has 0 bridgehead atoms. The summed E-state index contributed by atoms with van der Waals surface area (Å²) in [7, 11) is 0. The number of piperazine rings is 1. The molecule has 12 nitrogen and oxygen atoms in total. The SMILES string of the molecule is CCN(Cc1ccc(-n2ccc(NC(=O)N3CCN(C(=O)[C@@](C)(N)CO)CC3)nc2=O)cc1)[C@H]1CC[C@H](N)CC1.Cl. The molecule has 0 spiro atoms. The molecule has 1 aromatic carbocycles. The second kappa shape index (κ2) is 14.2. The first-order chi connectivity index (χ1) is 19.1. The molecule has 41 heavy (non-hydrogen) atoms. The number of aliphatic hydroxyl groups is 1. The number of hydrogen-bond acceptors (Lipinski definition) is 8. The summed E-state index contributed by atoms with van der Waals surface area (Å²) in [5, 5.41) is 12.0. The highest BCUT2D eigenvalue weighted by Crippen LogP contribution is 2.24. The number of anilines is 1. The lowest BCUT2D eigenvalue weighted by atomic mass is 9.90. The molecule has 2 fully saturated rings. The Hall–Kier alpha value is -3.03. The number of carbonyl (C=O) groups excluding carboxylic acids is 2. The molecule has 0 radical (unpaired) electrons. The third kappa shape index (κ3) is 8.04. The van der Waals surface area contributed by atoms with Crippen molar-refractivity contribution < 1.29 is 14.7 Å². The summed E-state index contributed by atoms with van der Waals surface area (Å²) >= 11 is 0. The molecule has 1 saturated heterocycles. The Bertz CT molecular complexity index is 1220. The molecule has 6 N–H and O–H groups in total. The molecule has 3 amide bonds. The zero-order chi connectivity index (χ0) is 28.9. The van der Waals surface area contributed by atoms with E-state index in [-0.39, 0.29) is 24.1 Å². The molecule has 2 aromatic rings. The zero-order valence-corrected chi connectivity index (χ0v) is 24.7. The van der Waals surface area contributed by atoms with Gasteiger partial charge in [-0.05, 0) is 62.9 Å². The van der Waals surface area contributed by atoms with E-state index in [2.05, 4.69) is 22.1 Å². The normalized spacial score (nSPS) is 20.7. The van der Waals surface area contributed by atoms with Crippen molar-refractivity contribution in [2.75, 3.05) is 44.6 Å². The van der Waals surface area contributed by atoms with E-state index in [0.717, 1.165) is 38.8 Å². The number of nitrogens with one attached hydrogen (secondary N) is 1. The summed E-state index contributed by atoms with van der Waals surface area (Å²) in [5.74, 6) is -0.201. The van der Waals surface area contributed by atoms with Gasteiger partial charge in [0.05, 0.1) is 12.3 Å². The van der Waals surface area contributed by atoms with Crippen LogP contribution in [0.1, 0.15) is 45.1 Å². The molecule has 1 atom stereocenters. The predicted molar refractivity (Wildman–Crippen MR) is 160 cm³/mol. The lowest BCUT2D eigenvalue weighted by molar-refractivity contribution is -0.139. The smallest absolute Gasteiger partial charge is 0.354 e. The monoisotopic (exact) mass is 590 g/mol. The van der Waals surface area contributed by atoms with Gasteiger partial charge in [0.2, 0.25) is 5.91 Å². The minimum atomic E-state index is -1.35. The molecule has 13 heteroatoms. The van der Waals surface area contributed by atoms with Gasteiger partial charge in [-0.1, -0.05) is 19.1 Å². The van der Waals surface area contributed by atoms with Crippen molar-refractivity contribution in [1.29, 1.82) is 0 Å². The highest BCUT2D eigenvalue weighted by Gasteiger charge is 2.34. The molecule has 1 aromatic heterocycles. The van der Waals surface area contributed by atoms with Crippen LogP contribution in [0, 0.1) is 0 Å². The maximum Gasteiger partial charge on any atom is 0.354 e. The van der Waals surface area contributed by atoms with Gasteiger partial charge in [0, 0.05) is 51.0 Å². The highest BCUT2D eigenvalue weighted by molar-refractivity contribution is 5.89. The van der Waals surface area contributed by atoms with E-state index >= 15 is 0 Å². The van der Waals surface area contributed by atoms with Crippen LogP contribution in [0.4, 0.5) is 10.6 Å². The molecule has 1 aliphatic heterocycles. The number of aliphatic hydroxyl groups excluding tert-OH is 1. The summed E-state index contributed by atoms with van der Waals surface area (Å²) in [4.78, 5) is 47.6. The van der Waals surface area contributed by atoms with Crippen LogP contribution in [0.3, 0.4) is 0 Å². The Morgan fingerprint density at radius 2 is 1.68 bits per heavy atom. The third-order valence-corrected chi connectivity index (χ3v) is 7.97.